The Morgan fingerprint density at radius 3 is 1.65 bits per heavy atom. The predicted molar refractivity (Wildman–Crippen MR) is 197 cm³/mol. The van der Waals surface area contributed by atoms with Crippen LogP contribution in [-0.2, 0) is 35.3 Å². The fourth-order valence-corrected chi connectivity index (χ4v) is 6.60. The summed E-state index contributed by atoms with van der Waals surface area (Å²) in [6.45, 7) is 0.648. The number of aldehydes is 1. The molecule has 0 aromatic heterocycles. The minimum atomic E-state index is -1.49. The third kappa shape index (κ3) is 13.1. The molecule has 0 heterocycles. The van der Waals surface area contributed by atoms with Gasteiger partial charge in [0.25, 0.3) is 0 Å². The van der Waals surface area contributed by atoms with Crippen molar-refractivity contribution in [2.45, 2.75) is 69.1 Å². The number of nitrogens with one attached hydrogen (secondary N) is 4. The zero-order valence-electron chi connectivity index (χ0n) is 28.7. The molecule has 10 heteroatoms. The van der Waals surface area contributed by atoms with Crippen molar-refractivity contribution < 1.29 is 29.4 Å². The van der Waals surface area contributed by atoms with Crippen LogP contribution in [0, 0.1) is 5.92 Å². The van der Waals surface area contributed by atoms with Crippen molar-refractivity contribution in [1.29, 1.82) is 0 Å². The molecule has 0 saturated carbocycles. The van der Waals surface area contributed by atoms with Gasteiger partial charge < -0.3 is 25.6 Å². The number of unbranched alkanes of at least 4 members (excludes halogenated alkanes) is 2. The van der Waals surface area contributed by atoms with E-state index in [4.69, 9.17) is 0 Å². The zero-order chi connectivity index (χ0) is 36.3. The molecule has 4 aromatic carbocycles. The van der Waals surface area contributed by atoms with E-state index in [-0.39, 0.29) is 24.8 Å². The first-order chi connectivity index (χ1) is 24.8. The Labute approximate surface area is 299 Å². The molecule has 0 aliphatic rings. The third-order valence-corrected chi connectivity index (χ3v) is 9.04. The average Bonchev–Trinajstić information content (AvgIpc) is 3.13. The minimum absolute atomic E-state index is 0.127. The lowest BCUT2D eigenvalue weighted by molar-refractivity contribution is -0.123. The smallest absolute Gasteiger partial charge is 0.411 e. The summed E-state index contributed by atoms with van der Waals surface area (Å²) in [5.41, 5.74) is 2.33. The summed E-state index contributed by atoms with van der Waals surface area (Å²) < 4.78 is 0. The number of benzene rings is 4. The van der Waals surface area contributed by atoms with E-state index in [0.717, 1.165) is 47.8 Å². The Balaban J connectivity index is 1.62. The Kier molecular flexibility index (Phi) is 15.4. The van der Waals surface area contributed by atoms with Gasteiger partial charge in [-0.1, -0.05) is 134 Å². The molecular weight excluding hydrogens is 644 g/mol. The quantitative estimate of drug-likeness (QED) is 0.0353. The monoisotopic (exact) mass is 692 g/mol. The van der Waals surface area contributed by atoms with E-state index in [0.29, 0.717) is 25.8 Å². The van der Waals surface area contributed by atoms with E-state index in [9.17, 15) is 29.4 Å². The first-order valence-corrected chi connectivity index (χ1v) is 17.4. The number of carbonyl (C=O) groups excluding carboxylic acids is 2. The van der Waals surface area contributed by atoms with E-state index in [1.807, 2.05) is 127 Å². The van der Waals surface area contributed by atoms with Gasteiger partial charge >= 0.3 is 12.2 Å². The lowest BCUT2D eigenvalue weighted by Gasteiger charge is -2.44. The first-order valence-electron chi connectivity index (χ1n) is 17.4. The molecule has 0 radical (unpaired) electrons. The summed E-state index contributed by atoms with van der Waals surface area (Å²) in [6.07, 6.45) is 2.56. The van der Waals surface area contributed by atoms with Crippen molar-refractivity contribution in [3.05, 3.63) is 144 Å². The van der Waals surface area contributed by atoms with Crippen LogP contribution < -0.4 is 21.3 Å². The third-order valence-electron chi connectivity index (χ3n) is 9.04. The van der Waals surface area contributed by atoms with Crippen molar-refractivity contribution in [2.24, 2.45) is 5.92 Å². The van der Waals surface area contributed by atoms with Gasteiger partial charge in [-0.3, -0.25) is 15.4 Å². The summed E-state index contributed by atoms with van der Waals surface area (Å²) in [6, 6.07) is 36.9. The van der Waals surface area contributed by atoms with E-state index < -0.39 is 29.8 Å². The van der Waals surface area contributed by atoms with Crippen LogP contribution in [0.15, 0.2) is 121 Å². The summed E-state index contributed by atoms with van der Waals surface area (Å²) in [4.78, 5) is 49.7. The Hall–Kier alpha value is -5.32. The van der Waals surface area contributed by atoms with Gasteiger partial charge in [0.05, 0.1) is 12.1 Å². The second-order valence-corrected chi connectivity index (χ2v) is 12.9. The molecular formula is C41H48N4O6. The molecule has 0 aliphatic carbocycles. The van der Waals surface area contributed by atoms with E-state index >= 15 is 0 Å². The molecule has 10 nitrogen and oxygen atoms in total. The molecule has 4 rings (SSSR count). The van der Waals surface area contributed by atoms with Crippen molar-refractivity contribution in [2.75, 3.05) is 6.54 Å². The number of carboxylic acid groups (broad SMARTS) is 2. The molecule has 0 fully saturated rings. The summed E-state index contributed by atoms with van der Waals surface area (Å²) in [5.74, 6) is -1.14. The lowest BCUT2D eigenvalue weighted by atomic mass is 9.78. The van der Waals surface area contributed by atoms with Gasteiger partial charge in [-0.05, 0) is 66.8 Å². The largest absolute Gasteiger partial charge is 0.465 e. The number of rotatable bonds is 21. The van der Waals surface area contributed by atoms with Crippen LogP contribution >= 0.6 is 0 Å². The highest BCUT2D eigenvalue weighted by molar-refractivity contribution is 5.94. The fourth-order valence-electron chi connectivity index (χ4n) is 6.60. The Bertz CT molecular complexity index is 1640. The molecule has 2 unspecified atom stereocenters. The number of imide groups is 1. The highest BCUT2D eigenvalue weighted by Crippen LogP contribution is 2.30. The van der Waals surface area contributed by atoms with Crippen LogP contribution in [0.25, 0.3) is 0 Å². The van der Waals surface area contributed by atoms with Crippen LogP contribution in [0.5, 0.6) is 0 Å². The van der Waals surface area contributed by atoms with Crippen molar-refractivity contribution in [3.8, 4) is 0 Å². The number of amides is 3. The van der Waals surface area contributed by atoms with Crippen LogP contribution in [0.1, 0.15) is 47.9 Å². The highest BCUT2D eigenvalue weighted by Gasteiger charge is 2.43. The van der Waals surface area contributed by atoms with Gasteiger partial charge in [-0.15, -0.1) is 0 Å². The maximum atomic E-state index is 13.5. The zero-order valence-corrected chi connectivity index (χ0v) is 28.7. The van der Waals surface area contributed by atoms with Crippen LogP contribution in [0.3, 0.4) is 0 Å². The maximum absolute atomic E-state index is 13.5. The standard InChI is InChI=1S/C41H48N4O6/c46-30-36(27-32-18-8-2-9-19-32)42-25-15-5-14-24-35(26-31-16-6-1-7-17-31)41(45-40(50)51,29-34-22-12-4-13-23-34)44-37(38(47)43-39(48)49)28-33-20-10-3-11-21-33/h1-4,6-13,16-23,30,35-37,42,44-45H,5,14-15,24-29H2,(H,43,47)(H,48,49)(H,50,51)/t35-,36?,37-,41?/m0/s1. The molecule has 0 aliphatic heterocycles. The van der Waals surface area contributed by atoms with Gasteiger partial charge in [0.15, 0.2) is 0 Å². The van der Waals surface area contributed by atoms with Gasteiger partial charge in [0.1, 0.15) is 11.9 Å². The molecule has 0 spiro atoms. The van der Waals surface area contributed by atoms with Gasteiger partial charge in [0.2, 0.25) is 5.91 Å². The van der Waals surface area contributed by atoms with Crippen molar-refractivity contribution >= 4 is 24.4 Å². The van der Waals surface area contributed by atoms with Crippen LogP contribution in [-0.4, -0.2) is 58.9 Å². The SMILES string of the molecule is O=CC(Cc1ccccc1)NCCCCC[C@@H](Cc1ccccc1)C(Cc1ccccc1)(NC(=O)O)N[C@@H](Cc1ccccc1)C(=O)NC(=O)O. The number of hydrogen-bond acceptors (Lipinski definition) is 6. The molecule has 4 atom stereocenters. The summed E-state index contributed by atoms with van der Waals surface area (Å²) in [5, 5.41) is 31.4. The molecule has 0 bridgehead atoms. The topological polar surface area (TPSA) is 157 Å². The molecule has 3 amide bonds. The molecule has 6 N–H and O–H groups in total. The number of hydrogen-bond donors (Lipinski definition) is 6. The fraction of sp³-hybridized carbons (Fsp3) is 0.317. The van der Waals surface area contributed by atoms with Gasteiger partial charge in [-0.2, -0.15) is 0 Å². The maximum Gasteiger partial charge on any atom is 0.411 e. The Morgan fingerprint density at radius 1 is 0.627 bits per heavy atom. The Morgan fingerprint density at radius 2 is 1.14 bits per heavy atom. The van der Waals surface area contributed by atoms with Gasteiger partial charge in [0, 0.05) is 6.42 Å². The van der Waals surface area contributed by atoms with E-state index in [2.05, 4.69) is 16.0 Å². The second kappa shape index (κ2) is 20.4. The molecule has 0 saturated heterocycles. The second-order valence-electron chi connectivity index (χ2n) is 12.9. The lowest BCUT2D eigenvalue weighted by Crippen LogP contribution is -2.69. The average molecular weight is 693 g/mol. The molecule has 4 aromatic rings. The highest BCUT2D eigenvalue weighted by atomic mass is 16.4. The first kappa shape index (κ1) is 38.5. The van der Waals surface area contributed by atoms with Crippen LogP contribution in [0.4, 0.5) is 9.59 Å². The van der Waals surface area contributed by atoms with E-state index in [1.54, 1.807) is 0 Å². The van der Waals surface area contributed by atoms with Gasteiger partial charge in [-0.25, -0.2) is 9.59 Å². The minimum Gasteiger partial charge on any atom is -0.465 e. The summed E-state index contributed by atoms with van der Waals surface area (Å²) in [7, 11) is 0. The predicted octanol–water partition coefficient (Wildman–Crippen LogP) is 6.01. The normalized spacial score (nSPS) is 14.0. The van der Waals surface area contributed by atoms with Crippen molar-refractivity contribution in [1.82, 2.24) is 21.3 Å². The van der Waals surface area contributed by atoms with Crippen LogP contribution in [0.2, 0.25) is 0 Å². The van der Waals surface area contributed by atoms with E-state index in [1.165, 1.54) is 0 Å². The number of carbonyl (C=O) groups is 4. The summed E-state index contributed by atoms with van der Waals surface area (Å²) >= 11 is 0. The van der Waals surface area contributed by atoms with Crippen molar-refractivity contribution in [3.63, 3.8) is 0 Å². The molecule has 51 heavy (non-hydrogen) atoms. The molecule has 268 valence electrons.